The minimum absolute atomic E-state index is 0.290. The molecule has 0 spiro atoms. The van der Waals surface area contributed by atoms with Gasteiger partial charge >= 0.3 is 5.97 Å². The molecule has 1 amide bonds. The van der Waals surface area contributed by atoms with Gasteiger partial charge in [0.05, 0.1) is 6.04 Å². The van der Waals surface area contributed by atoms with Crippen LogP contribution in [0.1, 0.15) is 19.3 Å². The monoisotopic (exact) mass is 230 g/mol. The molecule has 1 aliphatic heterocycles. The van der Waals surface area contributed by atoms with Gasteiger partial charge in [0.2, 0.25) is 5.91 Å². The highest BCUT2D eigenvalue weighted by Crippen LogP contribution is 2.18. The summed E-state index contributed by atoms with van der Waals surface area (Å²) in [6, 6.07) is -1.37. The molecule has 0 aromatic rings. The summed E-state index contributed by atoms with van der Waals surface area (Å²) in [5.74, 6) is -1.24. The van der Waals surface area contributed by atoms with Crippen LogP contribution in [0.2, 0.25) is 0 Å². The van der Waals surface area contributed by atoms with Crippen molar-refractivity contribution in [3.8, 4) is 0 Å². The number of rotatable bonds is 5. The third-order valence-electron chi connectivity index (χ3n) is 2.77. The van der Waals surface area contributed by atoms with E-state index in [-0.39, 0.29) is 5.91 Å². The maximum atomic E-state index is 11.8. The highest BCUT2D eigenvalue weighted by molar-refractivity contribution is 5.87. The summed E-state index contributed by atoms with van der Waals surface area (Å²) >= 11 is 0. The van der Waals surface area contributed by atoms with E-state index in [1.807, 2.05) is 0 Å². The number of hydrogen-bond donors (Lipinski definition) is 2. The molecule has 2 atom stereocenters. The van der Waals surface area contributed by atoms with Crippen molar-refractivity contribution >= 4 is 11.9 Å². The van der Waals surface area contributed by atoms with Crippen molar-refractivity contribution in [3.05, 3.63) is 0 Å². The summed E-state index contributed by atoms with van der Waals surface area (Å²) in [6.07, 6.45) is 1.65. The number of amides is 1. The topological polar surface area (TPSA) is 92.9 Å². The van der Waals surface area contributed by atoms with Gasteiger partial charge in [-0.15, -0.1) is 0 Å². The molecular formula is C10H18N2O4. The van der Waals surface area contributed by atoms with Crippen LogP contribution in [-0.4, -0.2) is 54.2 Å². The van der Waals surface area contributed by atoms with Gasteiger partial charge in [0.25, 0.3) is 0 Å². The number of aliphatic carboxylic acids is 1. The lowest BCUT2D eigenvalue weighted by atomic mass is 10.1. The molecule has 0 radical (unpaired) electrons. The van der Waals surface area contributed by atoms with E-state index < -0.39 is 18.1 Å². The summed E-state index contributed by atoms with van der Waals surface area (Å²) in [5, 5.41) is 8.93. The average molecular weight is 230 g/mol. The van der Waals surface area contributed by atoms with E-state index in [4.69, 9.17) is 15.6 Å². The van der Waals surface area contributed by atoms with E-state index in [1.165, 1.54) is 12.0 Å². The molecule has 1 heterocycles. The molecular weight excluding hydrogens is 212 g/mol. The highest BCUT2D eigenvalue weighted by Gasteiger charge is 2.35. The Morgan fingerprint density at radius 1 is 1.62 bits per heavy atom. The van der Waals surface area contributed by atoms with Crippen LogP contribution >= 0.6 is 0 Å². The van der Waals surface area contributed by atoms with Crippen molar-refractivity contribution in [1.29, 1.82) is 0 Å². The molecule has 1 saturated heterocycles. The molecule has 0 aliphatic carbocycles. The molecule has 0 aromatic heterocycles. The largest absolute Gasteiger partial charge is 0.480 e. The van der Waals surface area contributed by atoms with Gasteiger partial charge in [-0.1, -0.05) is 0 Å². The Bertz CT molecular complexity index is 270. The van der Waals surface area contributed by atoms with E-state index in [0.717, 1.165) is 6.42 Å². The number of carboxylic acid groups (broad SMARTS) is 1. The third-order valence-corrected chi connectivity index (χ3v) is 2.77. The first-order valence-corrected chi connectivity index (χ1v) is 5.35. The number of nitrogens with two attached hydrogens (primary N) is 1. The van der Waals surface area contributed by atoms with Crippen molar-refractivity contribution in [2.24, 2.45) is 5.73 Å². The van der Waals surface area contributed by atoms with Crippen molar-refractivity contribution in [1.82, 2.24) is 4.90 Å². The standard InChI is InChI=1S/C10H18N2O4/c1-16-6-4-7(11)9(13)12-5-2-3-8(12)10(14)15/h7-8H,2-6,11H2,1H3,(H,14,15). The Labute approximate surface area is 94.3 Å². The summed E-state index contributed by atoms with van der Waals surface area (Å²) in [5.41, 5.74) is 5.68. The molecule has 16 heavy (non-hydrogen) atoms. The second-order valence-corrected chi connectivity index (χ2v) is 3.92. The van der Waals surface area contributed by atoms with Crippen LogP contribution in [0, 0.1) is 0 Å². The van der Waals surface area contributed by atoms with Crippen LogP contribution in [0.5, 0.6) is 0 Å². The number of nitrogens with zero attached hydrogens (tertiary/aromatic N) is 1. The van der Waals surface area contributed by atoms with Crippen LogP contribution in [0.15, 0.2) is 0 Å². The number of carbonyl (C=O) groups excluding carboxylic acids is 1. The predicted octanol–water partition coefficient (Wildman–Crippen LogP) is -0.574. The second-order valence-electron chi connectivity index (χ2n) is 3.92. The summed E-state index contributed by atoms with van der Waals surface area (Å²) in [4.78, 5) is 24.1. The molecule has 0 bridgehead atoms. The zero-order valence-corrected chi connectivity index (χ0v) is 9.39. The van der Waals surface area contributed by atoms with Crippen molar-refractivity contribution in [3.63, 3.8) is 0 Å². The first kappa shape index (κ1) is 12.9. The Hall–Kier alpha value is -1.14. The molecule has 92 valence electrons. The van der Waals surface area contributed by atoms with E-state index in [2.05, 4.69) is 0 Å². The van der Waals surface area contributed by atoms with Crippen molar-refractivity contribution in [2.75, 3.05) is 20.3 Å². The van der Waals surface area contributed by atoms with Crippen LogP contribution < -0.4 is 5.73 Å². The number of ether oxygens (including phenoxy) is 1. The number of hydrogen-bond acceptors (Lipinski definition) is 4. The van der Waals surface area contributed by atoms with Gasteiger partial charge in [-0.25, -0.2) is 4.79 Å². The Morgan fingerprint density at radius 2 is 2.31 bits per heavy atom. The fourth-order valence-electron chi connectivity index (χ4n) is 1.87. The normalized spacial score (nSPS) is 22.1. The minimum atomic E-state index is -0.954. The molecule has 0 aromatic carbocycles. The molecule has 3 N–H and O–H groups in total. The van der Waals surface area contributed by atoms with E-state index >= 15 is 0 Å². The first-order chi connectivity index (χ1) is 7.57. The molecule has 0 saturated carbocycles. The summed E-state index contributed by atoms with van der Waals surface area (Å²) in [6.45, 7) is 0.884. The molecule has 1 fully saturated rings. The molecule has 1 rings (SSSR count). The van der Waals surface area contributed by atoms with Gasteiger partial charge < -0.3 is 20.5 Å². The predicted molar refractivity (Wildman–Crippen MR) is 56.8 cm³/mol. The molecule has 1 aliphatic rings. The van der Waals surface area contributed by atoms with E-state index in [9.17, 15) is 9.59 Å². The zero-order chi connectivity index (χ0) is 12.1. The maximum Gasteiger partial charge on any atom is 0.326 e. The second kappa shape index (κ2) is 5.81. The zero-order valence-electron chi connectivity index (χ0n) is 9.39. The lowest BCUT2D eigenvalue weighted by molar-refractivity contribution is -0.148. The lowest BCUT2D eigenvalue weighted by Crippen LogP contribution is -2.48. The summed E-state index contributed by atoms with van der Waals surface area (Å²) in [7, 11) is 1.53. The Morgan fingerprint density at radius 3 is 2.88 bits per heavy atom. The fraction of sp³-hybridized carbons (Fsp3) is 0.800. The third kappa shape index (κ3) is 2.93. The van der Waals surface area contributed by atoms with Crippen LogP contribution in [-0.2, 0) is 14.3 Å². The van der Waals surface area contributed by atoms with Gasteiger partial charge in [-0.3, -0.25) is 4.79 Å². The Kier molecular flexibility index (Phi) is 4.70. The van der Waals surface area contributed by atoms with Crippen LogP contribution in [0.3, 0.4) is 0 Å². The van der Waals surface area contributed by atoms with Gasteiger partial charge in [0.1, 0.15) is 6.04 Å². The van der Waals surface area contributed by atoms with Crippen molar-refractivity contribution in [2.45, 2.75) is 31.3 Å². The minimum Gasteiger partial charge on any atom is -0.480 e. The van der Waals surface area contributed by atoms with Crippen LogP contribution in [0.4, 0.5) is 0 Å². The smallest absolute Gasteiger partial charge is 0.326 e. The Balaban J connectivity index is 2.55. The fourth-order valence-corrected chi connectivity index (χ4v) is 1.87. The SMILES string of the molecule is COCCC(N)C(=O)N1CCCC1C(=O)O. The first-order valence-electron chi connectivity index (χ1n) is 5.35. The molecule has 2 unspecified atom stereocenters. The van der Waals surface area contributed by atoms with E-state index in [1.54, 1.807) is 0 Å². The van der Waals surface area contributed by atoms with Crippen LogP contribution in [0.25, 0.3) is 0 Å². The van der Waals surface area contributed by atoms with Crippen molar-refractivity contribution < 1.29 is 19.4 Å². The molecule has 6 heteroatoms. The number of methoxy groups -OCH3 is 1. The number of likely N-dealkylation sites (tertiary alicyclic amines) is 1. The summed E-state index contributed by atoms with van der Waals surface area (Å²) < 4.78 is 4.83. The average Bonchev–Trinajstić information content (AvgIpc) is 2.73. The molecule has 6 nitrogen and oxygen atoms in total. The van der Waals surface area contributed by atoms with Gasteiger partial charge in [0, 0.05) is 20.3 Å². The maximum absolute atomic E-state index is 11.8. The van der Waals surface area contributed by atoms with E-state index in [0.29, 0.717) is 26.0 Å². The highest BCUT2D eigenvalue weighted by atomic mass is 16.5. The van der Waals surface area contributed by atoms with Gasteiger partial charge in [-0.2, -0.15) is 0 Å². The number of carbonyl (C=O) groups is 2. The van der Waals surface area contributed by atoms with Gasteiger partial charge in [0.15, 0.2) is 0 Å². The lowest BCUT2D eigenvalue weighted by Gasteiger charge is -2.24. The number of carboxylic acids is 1. The quantitative estimate of drug-likeness (QED) is 0.659. The van der Waals surface area contributed by atoms with Gasteiger partial charge in [-0.05, 0) is 19.3 Å².